The monoisotopic (exact) mass is 273 g/mol. The van der Waals surface area contributed by atoms with Crippen molar-refractivity contribution in [2.24, 2.45) is 0 Å². The number of piperidine rings is 1. The first-order valence-corrected chi connectivity index (χ1v) is 7.68. The normalized spacial score (nSPS) is 24.1. The highest BCUT2D eigenvalue weighted by Gasteiger charge is 2.23. The summed E-state index contributed by atoms with van der Waals surface area (Å²) in [5.41, 5.74) is 1.90. The number of amides is 1. The number of carbonyl (C=O) groups is 1. The van der Waals surface area contributed by atoms with Gasteiger partial charge in [-0.25, -0.2) is 0 Å². The fraction of sp³-hybridized carbons (Fsp3) is 0.625. The van der Waals surface area contributed by atoms with Crippen LogP contribution in [-0.4, -0.2) is 53.9 Å². The molecule has 0 saturated carbocycles. The van der Waals surface area contributed by atoms with Crippen molar-refractivity contribution in [1.82, 2.24) is 14.8 Å². The fourth-order valence-corrected chi connectivity index (χ4v) is 3.34. The average molecular weight is 273 g/mol. The quantitative estimate of drug-likeness (QED) is 0.828. The van der Waals surface area contributed by atoms with Crippen molar-refractivity contribution in [3.63, 3.8) is 0 Å². The number of rotatable bonds is 2. The minimum atomic E-state index is 0.105. The molecule has 0 aromatic carbocycles. The average Bonchev–Trinajstić information content (AvgIpc) is 3.01. The summed E-state index contributed by atoms with van der Waals surface area (Å²) in [7, 11) is 2.17. The molecule has 1 atom stereocenters. The first-order chi connectivity index (χ1) is 9.74. The van der Waals surface area contributed by atoms with Gasteiger partial charge < -0.3 is 9.80 Å². The van der Waals surface area contributed by atoms with Gasteiger partial charge >= 0.3 is 0 Å². The minimum Gasteiger partial charge on any atom is -0.337 e. The van der Waals surface area contributed by atoms with Crippen LogP contribution in [0.1, 0.15) is 47.7 Å². The van der Waals surface area contributed by atoms with Crippen LogP contribution in [0.2, 0.25) is 0 Å². The second-order valence-electron chi connectivity index (χ2n) is 6.08. The van der Waals surface area contributed by atoms with E-state index in [1.807, 2.05) is 11.0 Å². The molecule has 1 aromatic rings. The standard InChI is InChI=1S/C16H23N3O/c1-18-8-4-5-14(12-18)13-6-7-17-15(11-13)16(20)19-9-2-3-10-19/h6-7,11,14H,2-5,8-10,12H2,1H3. The zero-order valence-corrected chi connectivity index (χ0v) is 12.2. The molecule has 0 spiro atoms. The highest BCUT2D eigenvalue weighted by atomic mass is 16.2. The van der Waals surface area contributed by atoms with Gasteiger partial charge in [-0.05, 0) is 62.9 Å². The lowest BCUT2D eigenvalue weighted by atomic mass is 9.91. The van der Waals surface area contributed by atoms with Gasteiger partial charge in [0.1, 0.15) is 5.69 Å². The van der Waals surface area contributed by atoms with Crippen molar-refractivity contribution in [2.75, 3.05) is 33.2 Å². The van der Waals surface area contributed by atoms with Crippen molar-refractivity contribution < 1.29 is 4.79 Å². The van der Waals surface area contributed by atoms with E-state index in [9.17, 15) is 4.79 Å². The third-order valence-electron chi connectivity index (χ3n) is 4.49. The molecule has 4 nitrogen and oxygen atoms in total. The first kappa shape index (κ1) is 13.6. The smallest absolute Gasteiger partial charge is 0.272 e. The van der Waals surface area contributed by atoms with E-state index in [4.69, 9.17) is 0 Å². The Morgan fingerprint density at radius 1 is 1.25 bits per heavy atom. The first-order valence-electron chi connectivity index (χ1n) is 7.68. The predicted molar refractivity (Wildman–Crippen MR) is 78.8 cm³/mol. The molecule has 2 saturated heterocycles. The molecule has 2 aliphatic rings. The van der Waals surface area contributed by atoms with Crippen LogP contribution in [-0.2, 0) is 0 Å². The zero-order chi connectivity index (χ0) is 13.9. The van der Waals surface area contributed by atoms with E-state index in [1.165, 1.54) is 24.9 Å². The van der Waals surface area contributed by atoms with Gasteiger partial charge in [-0.1, -0.05) is 0 Å². The number of likely N-dealkylation sites (N-methyl/N-ethyl adjacent to an activating group) is 1. The number of likely N-dealkylation sites (tertiary alicyclic amines) is 2. The third-order valence-corrected chi connectivity index (χ3v) is 4.49. The van der Waals surface area contributed by atoms with Crippen LogP contribution in [0.5, 0.6) is 0 Å². The molecule has 108 valence electrons. The van der Waals surface area contributed by atoms with E-state index in [0.29, 0.717) is 11.6 Å². The second kappa shape index (κ2) is 5.92. The highest BCUT2D eigenvalue weighted by Crippen LogP contribution is 2.26. The largest absolute Gasteiger partial charge is 0.337 e. The summed E-state index contributed by atoms with van der Waals surface area (Å²) in [6, 6.07) is 4.09. The molecule has 0 bridgehead atoms. The van der Waals surface area contributed by atoms with Crippen molar-refractivity contribution in [1.29, 1.82) is 0 Å². The molecule has 0 aliphatic carbocycles. The molecule has 1 unspecified atom stereocenters. The summed E-state index contributed by atoms with van der Waals surface area (Å²) in [5.74, 6) is 0.649. The predicted octanol–water partition coefficient (Wildman–Crippen LogP) is 2.13. The number of hydrogen-bond donors (Lipinski definition) is 0. The Balaban J connectivity index is 1.76. The Hall–Kier alpha value is -1.42. The van der Waals surface area contributed by atoms with Crippen LogP contribution < -0.4 is 0 Å². The number of nitrogens with zero attached hydrogens (tertiary/aromatic N) is 3. The lowest BCUT2D eigenvalue weighted by molar-refractivity contribution is 0.0787. The van der Waals surface area contributed by atoms with E-state index < -0.39 is 0 Å². The maximum Gasteiger partial charge on any atom is 0.272 e. The van der Waals surface area contributed by atoms with Crippen LogP contribution in [0.25, 0.3) is 0 Å². The van der Waals surface area contributed by atoms with Gasteiger partial charge in [0.05, 0.1) is 0 Å². The van der Waals surface area contributed by atoms with Crippen molar-refractivity contribution in [3.8, 4) is 0 Å². The fourth-order valence-electron chi connectivity index (χ4n) is 3.34. The second-order valence-corrected chi connectivity index (χ2v) is 6.08. The molecular formula is C16H23N3O. The summed E-state index contributed by atoms with van der Waals surface area (Å²) < 4.78 is 0. The summed E-state index contributed by atoms with van der Waals surface area (Å²) in [6.45, 7) is 4.04. The lowest BCUT2D eigenvalue weighted by Crippen LogP contribution is -2.31. The topological polar surface area (TPSA) is 36.4 Å². The van der Waals surface area contributed by atoms with Crippen molar-refractivity contribution in [2.45, 2.75) is 31.6 Å². The molecule has 1 amide bonds. The minimum absolute atomic E-state index is 0.105. The van der Waals surface area contributed by atoms with Gasteiger partial charge in [-0.15, -0.1) is 0 Å². The van der Waals surface area contributed by atoms with E-state index in [-0.39, 0.29) is 5.91 Å². The van der Waals surface area contributed by atoms with Crippen LogP contribution in [0.4, 0.5) is 0 Å². The molecule has 0 N–H and O–H groups in total. The molecule has 4 heteroatoms. The van der Waals surface area contributed by atoms with E-state index >= 15 is 0 Å². The number of pyridine rings is 1. The maximum atomic E-state index is 12.4. The van der Waals surface area contributed by atoms with Crippen LogP contribution in [0.15, 0.2) is 18.3 Å². The lowest BCUT2D eigenvalue weighted by Gasteiger charge is -2.30. The van der Waals surface area contributed by atoms with Gasteiger partial charge in [0, 0.05) is 25.8 Å². The Kier molecular flexibility index (Phi) is 4.01. The third kappa shape index (κ3) is 2.85. The molecule has 3 rings (SSSR count). The molecule has 3 heterocycles. The van der Waals surface area contributed by atoms with Gasteiger partial charge in [-0.2, -0.15) is 0 Å². The number of aromatic nitrogens is 1. The van der Waals surface area contributed by atoms with Gasteiger partial charge in [0.15, 0.2) is 0 Å². The Morgan fingerprint density at radius 2 is 2.05 bits per heavy atom. The van der Waals surface area contributed by atoms with E-state index in [1.54, 1.807) is 6.20 Å². The molecule has 20 heavy (non-hydrogen) atoms. The van der Waals surface area contributed by atoms with E-state index in [2.05, 4.69) is 23.0 Å². The molecule has 1 aromatic heterocycles. The SMILES string of the molecule is CN1CCCC(c2ccnc(C(=O)N3CCCC3)c2)C1. The van der Waals surface area contributed by atoms with Crippen molar-refractivity contribution in [3.05, 3.63) is 29.6 Å². The molecule has 2 fully saturated rings. The number of hydrogen-bond acceptors (Lipinski definition) is 3. The summed E-state index contributed by atoms with van der Waals surface area (Å²) in [6.07, 6.45) is 6.50. The summed E-state index contributed by atoms with van der Waals surface area (Å²) in [4.78, 5) is 21.0. The van der Waals surface area contributed by atoms with Crippen LogP contribution >= 0.6 is 0 Å². The Bertz CT molecular complexity index is 482. The zero-order valence-electron chi connectivity index (χ0n) is 12.2. The van der Waals surface area contributed by atoms with Crippen LogP contribution in [0, 0.1) is 0 Å². The Labute approximate surface area is 120 Å². The molecule has 0 radical (unpaired) electrons. The summed E-state index contributed by atoms with van der Waals surface area (Å²) in [5, 5.41) is 0. The van der Waals surface area contributed by atoms with E-state index in [0.717, 1.165) is 32.5 Å². The maximum absolute atomic E-state index is 12.4. The van der Waals surface area contributed by atoms with Gasteiger partial charge in [0.2, 0.25) is 0 Å². The molecular weight excluding hydrogens is 250 g/mol. The Morgan fingerprint density at radius 3 is 2.80 bits per heavy atom. The van der Waals surface area contributed by atoms with Crippen molar-refractivity contribution >= 4 is 5.91 Å². The highest BCUT2D eigenvalue weighted by molar-refractivity contribution is 5.92. The van der Waals surface area contributed by atoms with Gasteiger partial charge in [-0.3, -0.25) is 9.78 Å². The summed E-state index contributed by atoms with van der Waals surface area (Å²) >= 11 is 0. The molecule has 2 aliphatic heterocycles. The van der Waals surface area contributed by atoms with Crippen LogP contribution in [0.3, 0.4) is 0 Å². The number of carbonyl (C=O) groups excluding carboxylic acids is 1. The van der Waals surface area contributed by atoms with Gasteiger partial charge in [0.25, 0.3) is 5.91 Å².